The number of allylic oxidation sites excluding steroid dienone is 1. The molecule has 0 bridgehead atoms. The molecule has 2 nitrogen and oxygen atoms in total. The van der Waals surface area contributed by atoms with Gasteiger partial charge in [-0.1, -0.05) is 5.57 Å². The van der Waals surface area contributed by atoms with Gasteiger partial charge in [-0.15, -0.1) is 11.3 Å². The molecule has 70 valence electrons. The Hall–Kier alpha value is -1.09. The second kappa shape index (κ2) is 3.75. The van der Waals surface area contributed by atoms with E-state index < -0.39 is 5.97 Å². The zero-order valence-electron chi connectivity index (χ0n) is 7.92. The zero-order chi connectivity index (χ0) is 10.0. The van der Waals surface area contributed by atoms with Crippen LogP contribution in [0, 0.1) is 6.92 Å². The van der Waals surface area contributed by atoms with Crippen molar-refractivity contribution < 1.29 is 9.90 Å². The molecule has 0 spiro atoms. The molecule has 0 aromatic carbocycles. The Labute approximate surface area is 81.5 Å². The van der Waals surface area contributed by atoms with Crippen LogP contribution < -0.4 is 0 Å². The number of aromatic carboxylic acids is 1. The van der Waals surface area contributed by atoms with E-state index in [0.29, 0.717) is 4.88 Å². The first kappa shape index (κ1) is 9.99. The lowest BCUT2D eigenvalue weighted by Crippen LogP contribution is -1.89. The van der Waals surface area contributed by atoms with Crippen LogP contribution in [0.5, 0.6) is 0 Å². The predicted molar refractivity (Wildman–Crippen MR) is 55.3 cm³/mol. The van der Waals surface area contributed by atoms with Crippen LogP contribution in [0.25, 0.3) is 6.08 Å². The predicted octanol–water partition coefficient (Wildman–Crippen LogP) is 3.18. The van der Waals surface area contributed by atoms with Crippen LogP contribution >= 0.6 is 11.3 Å². The summed E-state index contributed by atoms with van der Waals surface area (Å²) in [4.78, 5) is 12.1. The summed E-state index contributed by atoms with van der Waals surface area (Å²) in [5.41, 5.74) is 2.21. The second-order valence-electron chi connectivity index (χ2n) is 3.18. The maximum Gasteiger partial charge on any atom is 0.345 e. The molecule has 0 aliphatic rings. The molecule has 1 aromatic rings. The fourth-order valence-electron chi connectivity index (χ4n) is 1.01. The smallest absolute Gasteiger partial charge is 0.345 e. The van der Waals surface area contributed by atoms with Gasteiger partial charge in [0, 0.05) is 4.88 Å². The quantitative estimate of drug-likeness (QED) is 0.788. The minimum Gasteiger partial charge on any atom is -0.477 e. The van der Waals surface area contributed by atoms with E-state index >= 15 is 0 Å². The van der Waals surface area contributed by atoms with Gasteiger partial charge in [-0.3, -0.25) is 0 Å². The number of hydrogen-bond donors (Lipinski definition) is 1. The van der Waals surface area contributed by atoms with Crippen LogP contribution in [0.2, 0.25) is 0 Å². The van der Waals surface area contributed by atoms with Gasteiger partial charge >= 0.3 is 5.97 Å². The highest BCUT2D eigenvalue weighted by Crippen LogP contribution is 2.24. The fourth-order valence-corrected chi connectivity index (χ4v) is 2.08. The lowest BCUT2D eigenvalue weighted by atomic mass is 10.2. The Morgan fingerprint density at radius 2 is 2.15 bits per heavy atom. The molecule has 0 atom stereocenters. The van der Waals surface area contributed by atoms with Crippen molar-refractivity contribution in [3.8, 4) is 0 Å². The molecule has 1 aromatic heterocycles. The summed E-state index contributed by atoms with van der Waals surface area (Å²) >= 11 is 1.32. The van der Waals surface area contributed by atoms with Crippen molar-refractivity contribution in [2.24, 2.45) is 0 Å². The van der Waals surface area contributed by atoms with E-state index in [-0.39, 0.29) is 0 Å². The molecule has 0 saturated carbocycles. The molecule has 0 fully saturated rings. The van der Waals surface area contributed by atoms with E-state index in [0.717, 1.165) is 10.4 Å². The van der Waals surface area contributed by atoms with Crippen molar-refractivity contribution in [3.05, 3.63) is 27.0 Å². The van der Waals surface area contributed by atoms with Gasteiger partial charge in [-0.05, 0) is 38.5 Å². The summed E-state index contributed by atoms with van der Waals surface area (Å²) in [5.74, 6) is -0.846. The zero-order valence-corrected chi connectivity index (χ0v) is 8.73. The molecule has 3 heteroatoms. The highest BCUT2D eigenvalue weighted by atomic mass is 32.1. The van der Waals surface area contributed by atoms with E-state index in [4.69, 9.17) is 5.11 Å². The second-order valence-corrected chi connectivity index (χ2v) is 4.27. The third kappa shape index (κ3) is 2.42. The topological polar surface area (TPSA) is 37.3 Å². The first-order valence-electron chi connectivity index (χ1n) is 3.99. The Bertz CT molecular complexity index is 357. The highest BCUT2D eigenvalue weighted by Gasteiger charge is 2.08. The lowest BCUT2D eigenvalue weighted by Gasteiger charge is -1.90. The fraction of sp³-hybridized carbons (Fsp3) is 0.300. The molecule has 0 amide bonds. The van der Waals surface area contributed by atoms with Gasteiger partial charge in [0.25, 0.3) is 0 Å². The van der Waals surface area contributed by atoms with Crippen molar-refractivity contribution in [1.82, 2.24) is 0 Å². The normalized spacial score (nSPS) is 9.77. The van der Waals surface area contributed by atoms with Gasteiger partial charge in [0.15, 0.2) is 0 Å². The van der Waals surface area contributed by atoms with E-state index in [2.05, 4.69) is 0 Å². The number of carboxylic acid groups (broad SMARTS) is 1. The maximum atomic E-state index is 10.6. The van der Waals surface area contributed by atoms with Crippen molar-refractivity contribution in [2.45, 2.75) is 20.8 Å². The maximum absolute atomic E-state index is 10.6. The lowest BCUT2D eigenvalue weighted by molar-refractivity contribution is 0.0702. The minimum atomic E-state index is -0.846. The molecule has 13 heavy (non-hydrogen) atoms. The monoisotopic (exact) mass is 196 g/mol. The summed E-state index contributed by atoms with van der Waals surface area (Å²) in [6, 6.07) is 1.71. The Morgan fingerprint density at radius 3 is 2.54 bits per heavy atom. The first-order valence-corrected chi connectivity index (χ1v) is 4.81. The van der Waals surface area contributed by atoms with Gasteiger partial charge in [0.1, 0.15) is 4.88 Å². The van der Waals surface area contributed by atoms with Crippen molar-refractivity contribution >= 4 is 23.4 Å². The molecule has 0 aliphatic carbocycles. The SMILES string of the molecule is CC(C)=Cc1sc(C(=O)O)cc1C. The molecule has 0 saturated heterocycles. The molecule has 1 N–H and O–H groups in total. The van der Waals surface area contributed by atoms with Crippen molar-refractivity contribution in [1.29, 1.82) is 0 Å². The Kier molecular flexibility index (Phi) is 2.88. The molecule has 1 heterocycles. The number of hydrogen-bond acceptors (Lipinski definition) is 2. The third-order valence-corrected chi connectivity index (χ3v) is 2.76. The summed E-state index contributed by atoms with van der Waals surface area (Å²) in [6.07, 6.45) is 2.01. The van der Waals surface area contributed by atoms with Gasteiger partial charge in [0.05, 0.1) is 0 Å². The standard InChI is InChI=1S/C10H12O2S/c1-6(2)4-8-7(3)5-9(13-8)10(11)12/h4-5H,1-3H3,(H,11,12). The number of aryl methyl sites for hydroxylation is 1. The van der Waals surface area contributed by atoms with E-state index in [1.807, 2.05) is 26.8 Å². The molecular formula is C10H12O2S. The molecular weight excluding hydrogens is 184 g/mol. The van der Waals surface area contributed by atoms with Crippen molar-refractivity contribution in [2.75, 3.05) is 0 Å². The van der Waals surface area contributed by atoms with E-state index in [1.165, 1.54) is 16.9 Å². The molecule has 0 radical (unpaired) electrons. The van der Waals surface area contributed by atoms with Crippen LogP contribution in [0.3, 0.4) is 0 Å². The van der Waals surface area contributed by atoms with Crippen molar-refractivity contribution in [3.63, 3.8) is 0 Å². The number of carbonyl (C=O) groups is 1. The summed E-state index contributed by atoms with van der Waals surface area (Å²) < 4.78 is 0. The summed E-state index contributed by atoms with van der Waals surface area (Å²) in [6.45, 7) is 5.93. The Balaban J connectivity index is 3.10. The highest BCUT2D eigenvalue weighted by molar-refractivity contribution is 7.15. The van der Waals surface area contributed by atoms with E-state index in [9.17, 15) is 4.79 Å². The average molecular weight is 196 g/mol. The number of rotatable bonds is 2. The summed E-state index contributed by atoms with van der Waals surface area (Å²) in [7, 11) is 0. The van der Waals surface area contributed by atoms with Crippen LogP contribution in [0.1, 0.15) is 34.0 Å². The molecule has 0 aliphatic heterocycles. The average Bonchev–Trinajstić information content (AvgIpc) is 2.31. The van der Waals surface area contributed by atoms with Gasteiger partial charge in [-0.2, -0.15) is 0 Å². The Morgan fingerprint density at radius 1 is 1.54 bits per heavy atom. The number of thiophene rings is 1. The molecule has 1 rings (SSSR count). The largest absolute Gasteiger partial charge is 0.477 e. The van der Waals surface area contributed by atoms with Gasteiger partial charge in [0.2, 0.25) is 0 Å². The minimum absolute atomic E-state index is 0.407. The van der Waals surface area contributed by atoms with Crippen LogP contribution in [-0.2, 0) is 0 Å². The third-order valence-electron chi connectivity index (χ3n) is 1.59. The van der Waals surface area contributed by atoms with Crippen LogP contribution in [0.4, 0.5) is 0 Å². The molecule has 0 unspecified atom stereocenters. The van der Waals surface area contributed by atoms with Gasteiger partial charge in [-0.25, -0.2) is 4.79 Å². The van der Waals surface area contributed by atoms with Crippen LogP contribution in [-0.4, -0.2) is 11.1 Å². The van der Waals surface area contributed by atoms with Crippen LogP contribution in [0.15, 0.2) is 11.6 Å². The summed E-state index contributed by atoms with van der Waals surface area (Å²) in [5, 5.41) is 8.75. The first-order chi connectivity index (χ1) is 6.00. The van der Waals surface area contributed by atoms with E-state index in [1.54, 1.807) is 6.07 Å². The number of carboxylic acids is 1. The van der Waals surface area contributed by atoms with Gasteiger partial charge < -0.3 is 5.11 Å².